The van der Waals surface area contributed by atoms with Crippen LogP contribution in [0.5, 0.6) is 0 Å². The molecule has 0 radical (unpaired) electrons. The van der Waals surface area contributed by atoms with Gasteiger partial charge >= 0.3 is 0 Å². The lowest BCUT2D eigenvalue weighted by atomic mass is 10.1. The fourth-order valence-electron chi connectivity index (χ4n) is 1.88. The van der Waals surface area contributed by atoms with E-state index in [0.29, 0.717) is 12.5 Å². The Labute approximate surface area is 117 Å². The second-order valence-electron chi connectivity index (χ2n) is 4.92. The number of hydrogen-bond donors (Lipinski definition) is 1. The van der Waals surface area contributed by atoms with Crippen LogP contribution in [-0.2, 0) is 11.2 Å². The van der Waals surface area contributed by atoms with Crippen molar-refractivity contribution in [3.05, 3.63) is 29.8 Å². The van der Waals surface area contributed by atoms with Gasteiger partial charge in [-0.1, -0.05) is 32.0 Å². The van der Waals surface area contributed by atoms with Gasteiger partial charge in [-0.15, -0.1) is 23.4 Å². The van der Waals surface area contributed by atoms with Crippen LogP contribution in [0.1, 0.15) is 19.4 Å². The smallest absolute Gasteiger partial charge is 0.233 e. The molecule has 1 N–H and O–H groups in total. The van der Waals surface area contributed by atoms with Crippen LogP contribution in [0.25, 0.3) is 0 Å². The topological polar surface area (TPSA) is 29.1 Å². The second kappa shape index (κ2) is 5.98. The maximum atomic E-state index is 12.1. The Morgan fingerprint density at radius 1 is 1.50 bits per heavy atom. The van der Waals surface area contributed by atoms with Gasteiger partial charge in [0.25, 0.3) is 0 Å². The number of nitrogens with one attached hydrogen (secondary N) is 1. The average molecular weight is 284 g/mol. The third-order valence-corrected chi connectivity index (χ3v) is 5.11. The zero-order valence-electron chi connectivity index (χ0n) is 10.7. The lowest BCUT2D eigenvalue weighted by Gasteiger charge is -2.15. The van der Waals surface area contributed by atoms with Crippen LogP contribution < -0.4 is 5.32 Å². The number of benzene rings is 1. The first-order valence-electron chi connectivity index (χ1n) is 6.24. The van der Waals surface area contributed by atoms with E-state index < -0.39 is 0 Å². The van der Waals surface area contributed by atoms with E-state index in [2.05, 4.69) is 31.3 Å². The van der Waals surface area contributed by atoms with Crippen LogP contribution in [0, 0.1) is 5.92 Å². The highest BCUT2D eigenvalue weighted by Crippen LogP contribution is 2.36. The van der Waals surface area contributed by atoms with E-state index >= 15 is 0 Å². The maximum Gasteiger partial charge on any atom is 0.233 e. The van der Waals surface area contributed by atoms with Gasteiger partial charge in [0.05, 0.1) is 10.6 Å². The zero-order chi connectivity index (χ0) is 13.1. The summed E-state index contributed by atoms with van der Waals surface area (Å²) in [5, 5.41) is 2.95. The van der Waals surface area contributed by atoms with Crippen molar-refractivity contribution < 1.29 is 4.79 Å². The van der Waals surface area contributed by atoms with Gasteiger partial charge in [0.2, 0.25) is 5.91 Å². The quantitative estimate of drug-likeness (QED) is 0.861. The summed E-state index contributed by atoms with van der Waals surface area (Å²) in [6.45, 7) is 4.67. The molecule has 0 saturated heterocycles. The van der Waals surface area contributed by atoms with E-state index in [-0.39, 0.29) is 16.5 Å². The van der Waals surface area contributed by atoms with Crippen LogP contribution in [0.3, 0.4) is 0 Å². The molecule has 0 bridgehead atoms. The maximum absolute atomic E-state index is 12.1. The molecule has 1 heterocycles. The summed E-state index contributed by atoms with van der Waals surface area (Å²) < 4.78 is 0. The van der Waals surface area contributed by atoms with Crippen LogP contribution in [0.15, 0.2) is 29.2 Å². The minimum Gasteiger partial charge on any atom is -0.354 e. The number of hydrogen-bond acceptors (Lipinski definition) is 2. The summed E-state index contributed by atoms with van der Waals surface area (Å²) in [6.07, 6.45) is 0.821. The third kappa shape index (κ3) is 3.21. The number of carbonyl (C=O) groups is 1. The molecule has 1 aromatic carbocycles. The largest absolute Gasteiger partial charge is 0.354 e. The number of fused-ring (bicyclic) bond motifs is 1. The molecular weight excluding hydrogens is 266 g/mol. The Bertz CT molecular complexity index is 411. The fourth-order valence-corrected chi connectivity index (χ4v) is 3.17. The highest BCUT2D eigenvalue weighted by Gasteiger charge is 2.28. The highest BCUT2D eigenvalue weighted by molar-refractivity contribution is 8.01. The van der Waals surface area contributed by atoms with Crippen molar-refractivity contribution in [2.45, 2.75) is 35.8 Å². The van der Waals surface area contributed by atoms with Crippen molar-refractivity contribution in [3.63, 3.8) is 0 Å². The van der Waals surface area contributed by atoms with Crippen LogP contribution in [-0.4, -0.2) is 23.1 Å². The minimum atomic E-state index is -0.00145. The molecule has 1 aliphatic rings. The summed E-state index contributed by atoms with van der Waals surface area (Å²) in [7, 11) is 0. The zero-order valence-corrected chi connectivity index (χ0v) is 12.2. The highest BCUT2D eigenvalue weighted by atomic mass is 35.5. The van der Waals surface area contributed by atoms with E-state index in [1.54, 1.807) is 11.8 Å². The number of amides is 1. The first kappa shape index (κ1) is 13.8. The van der Waals surface area contributed by atoms with Crippen molar-refractivity contribution in [3.8, 4) is 0 Å². The monoisotopic (exact) mass is 283 g/mol. The summed E-state index contributed by atoms with van der Waals surface area (Å²) in [5.41, 5.74) is 1.27. The molecule has 0 aromatic heterocycles. The summed E-state index contributed by atoms with van der Waals surface area (Å²) >= 11 is 7.78. The molecule has 0 saturated carbocycles. The second-order valence-corrected chi connectivity index (χ2v) is 6.73. The predicted octanol–water partition coefficient (Wildman–Crippen LogP) is 3.08. The lowest BCUT2D eigenvalue weighted by molar-refractivity contribution is -0.120. The Hall–Kier alpha value is -0.670. The van der Waals surface area contributed by atoms with Crippen LogP contribution in [0.2, 0.25) is 0 Å². The van der Waals surface area contributed by atoms with Crippen molar-refractivity contribution in [1.29, 1.82) is 0 Å². The number of rotatable bonds is 4. The molecule has 1 aliphatic heterocycles. The molecule has 1 amide bonds. The Balaban J connectivity index is 1.86. The molecule has 2 nitrogen and oxygen atoms in total. The van der Waals surface area contributed by atoms with Gasteiger partial charge in [0, 0.05) is 11.4 Å². The molecule has 1 aromatic rings. The summed E-state index contributed by atoms with van der Waals surface area (Å²) in [4.78, 5) is 13.3. The first-order chi connectivity index (χ1) is 8.58. The molecule has 0 spiro atoms. The third-order valence-electron chi connectivity index (χ3n) is 3.13. The predicted molar refractivity (Wildman–Crippen MR) is 77.3 cm³/mol. The van der Waals surface area contributed by atoms with Gasteiger partial charge in [-0.2, -0.15) is 0 Å². The lowest BCUT2D eigenvalue weighted by Crippen LogP contribution is -2.37. The summed E-state index contributed by atoms with van der Waals surface area (Å²) in [5.74, 6) is 0.475. The van der Waals surface area contributed by atoms with Crippen molar-refractivity contribution >= 4 is 29.3 Å². The van der Waals surface area contributed by atoms with Crippen LogP contribution in [0.4, 0.5) is 0 Å². The van der Waals surface area contributed by atoms with Crippen molar-refractivity contribution in [1.82, 2.24) is 5.32 Å². The van der Waals surface area contributed by atoms with Crippen molar-refractivity contribution in [2.24, 2.45) is 5.92 Å². The SMILES string of the molecule is CC(C)C(Cl)CNC(=O)C1Cc2ccccc2S1. The molecule has 18 heavy (non-hydrogen) atoms. The van der Waals surface area contributed by atoms with E-state index in [1.807, 2.05) is 12.1 Å². The molecule has 0 aliphatic carbocycles. The van der Waals surface area contributed by atoms with Gasteiger partial charge in [0.1, 0.15) is 0 Å². The Morgan fingerprint density at radius 2 is 2.22 bits per heavy atom. The Morgan fingerprint density at radius 3 is 2.89 bits per heavy atom. The fraction of sp³-hybridized carbons (Fsp3) is 0.500. The normalized spacial score (nSPS) is 19.7. The average Bonchev–Trinajstić information content (AvgIpc) is 2.79. The van der Waals surface area contributed by atoms with E-state index in [4.69, 9.17) is 11.6 Å². The number of thioether (sulfide) groups is 1. The first-order valence-corrected chi connectivity index (χ1v) is 7.56. The Kier molecular flexibility index (Phi) is 4.57. The number of alkyl halides is 1. The number of halogens is 1. The molecule has 0 fully saturated rings. The van der Waals surface area contributed by atoms with Gasteiger partial charge < -0.3 is 5.32 Å². The van der Waals surface area contributed by atoms with E-state index in [0.717, 1.165) is 6.42 Å². The van der Waals surface area contributed by atoms with Gasteiger partial charge in [-0.3, -0.25) is 4.79 Å². The molecule has 98 valence electrons. The van der Waals surface area contributed by atoms with Gasteiger partial charge in [-0.25, -0.2) is 0 Å². The molecular formula is C14H18ClNOS. The van der Waals surface area contributed by atoms with Crippen molar-refractivity contribution in [2.75, 3.05) is 6.54 Å². The molecule has 4 heteroatoms. The van der Waals surface area contributed by atoms with E-state index in [1.165, 1.54) is 10.5 Å². The standard InChI is InChI=1S/C14H18ClNOS/c1-9(2)11(15)8-16-14(17)13-7-10-5-3-4-6-12(10)18-13/h3-6,9,11,13H,7-8H2,1-2H3,(H,16,17). The summed E-state index contributed by atoms with van der Waals surface area (Å²) in [6, 6.07) is 8.20. The molecule has 2 atom stereocenters. The van der Waals surface area contributed by atoms with Gasteiger partial charge in [-0.05, 0) is 24.0 Å². The van der Waals surface area contributed by atoms with Gasteiger partial charge in [0.15, 0.2) is 0 Å². The number of carbonyl (C=O) groups excluding carboxylic acids is 1. The minimum absolute atomic E-state index is 0.00145. The van der Waals surface area contributed by atoms with E-state index in [9.17, 15) is 4.79 Å². The van der Waals surface area contributed by atoms with Crippen LogP contribution >= 0.6 is 23.4 Å². The molecule has 2 rings (SSSR count). The molecule has 2 unspecified atom stereocenters.